The Bertz CT molecular complexity index is 260. The normalized spacial score (nSPS) is 43.1. The minimum atomic E-state index is -1.43. The predicted molar refractivity (Wildman–Crippen MR) is 56.1 cm³/mol. The van der Waals surface area contributed by atoms with Crippen LogP contribution in [0.4, 0.5) is 0 Å². The van der Waals surface area contributed by atoms with E-state index in [9.17, 15) is 0 Å². The molecule has 1 saturated heterocycles. The fraction of sp³-hybridized carbons (Fsp3) is 0.833. The smallest absolute Gasteiger partial charge is 0.157 e. The van der Waals surface area contributed by atoms with E-state index in [1.807, 2.05) is 0 Å². The van der Waals surface area contributed by atoms with Gasteiger partial charge < -0.3 is 9.47 Å². The Balaban J connectivity index is 1.89. The molecule has 0 radical (unpaired) electrons. The van der Waals surface area contributed by atoms with E-state index in [-0.39, 0.29) is 6.10 Å². The minimum absolute atomic E-state index is 0.0638. The SMILES string of the molecule is [2H]C1CCCOC1([2H])OC1CCC(=C)CC1. The van der Waals surface area contributed by atoms with Crippen molar-refractivity contribution in [2.45, 2.75) is 57.3 Å². The lowest BCUT2D eigenvalue weighted by atomic mass is 9.94. The van der Waals surface area contributed by atoms with Crippen LogP contribution in [-0.4, -0.2) is 19.0 Å². The van der Waals surface area contributed by atoms with Gasteiger partial charge in [-0.2, -0.15) is 0 Å². The summed E-state index contributed by atoms with van der Waals surface area (Å²) in [7, 11) is 0. The highest BCUT2D eigenvalue weighted by Crippen LogP contribution is 2.26. The summed E-state index contributed by atoms with van der Waals surface area (Å²) in [5.41, 5.74) is 1.27. The van der Waals surface area contributed by atoms with Crippen molar-refractivity contribution >= 4 is 0 Å². The number of hydrogen-bond donors (Lipinski definition) is 0. The van der Waals surface area contributed by atoms with Crippen molar-refractivity contribution in [2.24, 2.45) is 0 Å². The molecule has 1 aliphatic heterocycles. The summed E-state index contributed by atoms with van der Waals surface area (Å²) in [6, 6.07) is 0. The van der Waals surface area contributed by atoms with Gasteiger partial charge in [0, 0.05) is 7.98 Å². The summed E-state index contributed by atoms with van der Waals surface area (Å²) < 4.78 is 26.9. The lowest BCUT2D eigenvalue weighted by molar-refractivity contribution is -0.191. The molecule has 2 rings (SSSR count). The fourth-order valence-electron chi connectivity index (χ4n) is 1.90. The molecule has 0 bridgehead atoms. The molecule has 2 fully saturated rings. The minimum Gasteiger partial charge on any atom is -0.353 e. The van der Waals surface area contributed by atoms with E-state index < -0.39 is 12.7 Å². The second-order valence-electron chi connectivity index (χ2n) is 4.08. The Kier molecular flexibility index (Phi) is 2.79. The molecule has 1 heterocycles. The molecular formula is C12H20O2. The van der Waals surface area contributed by atoms with Gasteiger partial charge >= 0.3 is 0 Å². The van der Waals surface area contributed by atoms with E-state index in [0.29, 0.717) is 13.0 Å². The fourth-order valence-corrected chi connectivity index (χ4v) is 1.90. The van der Waals surface area contributed by atoms with Crippen molar-refractivity contribution in [1.82, 2.24) is 0 Å². The van der Waals surface area contributed by atoms with Crippen molar-refractivity contribution in [3.63, 3.8) is 0 Å². The van der Waals surface area contributed by atoms with Gasteiger partial charge in [0.15, 0.2) is 6.27 Å². The highest BCUT2D eigenvalue weighted by atomic mass is 16.7. The first-order valence-corrected chi connectivity index (χ1v) is 5.51. The summed E-state index contributed by atoms with van der Waals surface area (Å²) >= 11 is 0. The molecule has 1 saturated carbocycles. The van der Waals surface area contributed by atoms with E-state index in [1.165, 1.54) is 5.57 Å². The van der Waals surface area contributed by atoms with E-state index in [4.69, 9.17) is 12.2 Å². The Morgan fingerprint density at radius 2 is 2.21 bits per heavy atom. The van der Waals surface area contributed by atoms with Gasteiger partial charge in [0.05, 0.1) is 7.47 Å². The van der Waals surface area contributed by atoms with E-state index in [0.717, 1.165) is 32.1 Å². The van der Waals surface area contributed by atoms with Crippen LogP contribution in [-0.2, 0) is 9.47 Å². The van der Waals surface area contributed by atoms with Gasteiger partial charge in [-0.05, 0) is 44.9 Å². The largest absolute Gasteiger partial charge is 0.353 e. The molecule has 0 aromatic heterocycles. The van der Waals surface area contributed by atoms with Crippen LogP contribution in [0, 0.1) is 0 Å². The quantitative estimate of drug-likeness (QED) is 0.635. The van der Waals surface area contributed by atoms with Gasteiger partial charge in [0.2, 0.25) is 0 Å². The zero-order chi connectivity index (χ0) is 11.6. The molecule has 0 aromatic rings. The molecule has 2 unspecified atom stereocenters. The molecular weight excluding hydrogens is 176 g/mol. The molecule has 2 atom stereocenters. The predicted octanol–water partition coefficient (Wildman–Crippen LogP) is 3.03. The molecule has 1 aliphatic carbocycles. The average molecular weight is 198 g/mol. The van der Waals surface area contributed by atoms with Crippen molar-refractivity contribution in [3.05, 3.63) is 12.2 Å². The number of allylic oxidation sites excluding steroid dienone is 1. The van der Waals surface area contributed by atoms with Crippen LogP contribution in [0.5, 0.6) is 0 Å². The maximum atomic E-state index is 8.06. The molecule has 0 spiro atoms. The van der Waals surface area contributed by atoms with Crippen LogP contribution in [0.15, 0.2) is 12.2 Å². The van der Waals surface area contributed by atoms with Crippen molar-refractivity contribution in [1.29, 1.82) is 0 Å². The number of hydrogen-bond acceptors (Lipinski definition) is 2. The van der Waals surface area contributed by atoms with Crippen LogP contribution in [0.1, 0.15) is 47.7 Å². The second-order valence-corrected chi connectivity index (χ2v) is 4.08. The maximum absolute atomic E-state index is 8.06. The van der Waals surface area contributed by atoms with Crippen LogP contribution >= 0.6 is 0 Å². The lowest BCUT2D eigenvalue weighted by Gasteiger charge is -2.30. The first kappa shape index (κ1) is 7.89. The Hall–Kier alpha value is -0.340. The first-order valence-electron chi connectivity index (χ1n) is 6.58. The van der Waals surface area contributed by atoms with Crippen molar-refractivity contribution in [2.75, 3.05) is 6.61 Å². The molecule has 2 nitrogen and oxygen atoms in total. The third kappa shape index (κ3) is 2.82. The van der Waals surface area contributed by atoms with Gasteiger partial charge in [-0.1, -0.05) is 12.2 Å². The summed E-state index contributed by atoms with van der Waals surface area (Å²) in [6.07, 6.45) is 3.39. The van der Waals surface area contributed by atoms with E-state index in [1.54, 1.807) is 0 Å². The van der Waals surface area contributed by atoms with Gasteiger partial charge in [0.1, 0.15) is 0 Å². The van der Waals surface area contributed by atoms with Crippen molar-refractivity contribution in [3.8, 4) is 0 Å². The molecule has 0 aromatic carbocycles. The van der Waals surface area contributed by atoms with E-state index in [2.05, 4.69) is 6.58 Å². The Morgan fingerprint density at radius 1 is 1.43 bits per heavy atom. The Morgan fingerprint density at radius 3 is 2.93 bits per heavy atom. The Labute approximate surface area is 89.1 Å². The summed E-state index contributed by atoms with van der Waals surface area (Å²) in [5, 5.41) is 0. The van der Waals surface area contributed by atoms with Gasteiger partial charge in [0.25, 0.3) is 0 Å². The van der Waals surface area contributed by atoms with E-state index >= 15 is 0 Å². The van der Waals surface area contributed by atoms with Gasteiger partial charge in [-0.25, -0.2) is 0 Å². The van der Waals surface area contributed by atoms with Crippen LogP contribution < -0.4 is 0 Å². The summed E-state index contributed by atoms with van der Waals surface area (Å²) in [6.45, 7) is 4.50. The number of rotatable bonds is 2. The highest BCUT2D eigenvalue weighted by molar-refractivity contribution is 4.98. The van der Waals surface area contributed by atoms with Gasteiger partial charge in [-0.15, -0.1) is 0 Å². The van der Waals surface area contributed by atoms with Crippen LogP contribution in [0.25, 0.3) is 0 Å². The standard InChI is InChI=1S/C12H20O2/c1-10-5-7-11(8-6-10)14-12-4-2-3-9-13-12/h11-12H,1-9H2/i4D,12D. The molecule has 14 heavy (non-hydrogen) atoms. The highest BCUT2D eigenvalue weighted by Gasteiger charge is 2.22. The number of ether oxygens (including phenoxy) is 2. The summed E-state index contributed by atoms with van der Waals surface area (Å²) in [5.74, 6) is 0. The molecule has 80 valence electrons. The second kappa shape index (κ2) is 4.94. The molecule has 2 aliphatic rings. The maximum Gasteiger partial charge on any atom is 0.157 e. The van der Waals surface area contributed by atoms with Crippen LogP contribution in [0.3, 0.4) is 0 Å². The first-order chi connectivity index (χ1) is 7.60. The zero-order valence-electron chi connectivity index (χ0n) is 10.6. The molecule has 0 N–H and O–H groups in total. The third-order valence-electron chi connectivity index (χ3n) is 2.83. The third-order valence-corrected chi connectivity index (χ3v) is 2.83. The van der Waals surface area contributed by atoms with Gasteiger partial charge in [-0.3, -0.25) is 0 Å². The summed E-state index contributed by atoms with van der Waals surface area (Å²) in [4.78, 5) is 0. The topological polar surface area (TPSA) is 18.5 Å². The zero-order valence-corrected chi connectivity index (χ0v) is 8.63. The molecule has 0 amide bonds. The lowest BCUT2D eigenvalue weighted by Crippen LogP contribution is -2.29. The average Bonchev–Trinajstić information content (AvgIpc) is 2.26. The van der Waals surface area contributed by atoms with Crippen molar-refractivity contribution < 1.29 is 12.2 Å². The monoisotopic (exact) mass is 198 g/mol. The molecule has 2 heteroatoms. The van der Waals surface area contributed by atoms with Crippen LogP contribution in [0.2, 0.25) is 0 Å².